The topological polar surface area (TPSA) is 61.8 Å². The Hall–Kier alpha value is -2.69. The number of aromatic nitrogens is 2. The third-order valence-corrected chi connectivity index (χ3v) is 3.82. The molecule has 0 radical (unpaired) electrons. The van der Waals surface area contributed by atoms with Crippen LogP contribution in [0.5, 0.6) is 11.5 Å². The van der Waals surface area contributed by atoms with E-state index in [4.69, 9.17) is 15.2 Å². The second kappa shape index (κ2) is 4.94. The van der Waals surface area contributed by atoms with Crippen LogP contribution < -0.4 is 15.2 Å². The molecule has 2 N–H and O–H groups in total. The summed E-state index contributed by atoms with van der Waals surface area (Å²) in [6, 6.07) is 9.84. The Morgan fingerprint density at radius 3 is 2.77 bits per heavy atom. The predicted molar refractivity (Wildman–Crippen MR) is 85.4 cm³/mol. The van der Waals surface area contributed by atoms with Gasteiger partial charge in [-0.2, -0.15) is 0 Å². The molecule has 1 aliphatic heterocycles. The van der Waals surface area contributed by atoms with Gasteiger partial charge in [0.25, 0.3) is 0 Å². The maximum absolute atomic E-state index is 6.28. The first kappa shape index (κ1) is 13.0. The summed E-state index contributed by atoms with van der Waals surface area (Å²) in [7, 11) is 0. The molecule has 0 atom stereocenters. The number of benzene rings is 1. The number of nitrogens with two attached hydrogens (primary N) is 1. The number of imidazole rings is 1. The molecule has 0 spiro atoms. The molecule has 0 saturated heterocycles. The summed E-state index contributed by atoms with van der Waals surface area (Å²) in [4.78, 5) is 4.64. The molecule has 4 rings (SSSR count). The first-order valence-corrected chi connectivity index (χ1v) is 7.36. The Labute approximate surface area is 128 Å². The molecule has 22 heavy (non-hydrogen) atoms. The third kappa shape index (κ3) is 2.06. The minimum Gasteiger partial charge on any atom is -0.490 e. The van der Waals surface area contributed by atoms with E-state index < -0.39 is 0 Å². The van der Waals surface area contributed by atoms with E-state index in [1.807, 2.05) is 47.9 Å². The lowest BCUT2D eigenvalue weighted by Gasteiger charge is -2.08. The maximum atomic E-state index is 6.28. The average Bonchev–Trinajstić information content (AvgIpc) is 2.72. The van der Waals surface area contributed by atoms with E-state index in [9.17, 15) is 0 Å². The monoisotopic (exact) mass is 295 g/mol. The molecule has 1 aliphatic rings. The van der Waals surface area contributed by atoms with Gasteiger partial charge in [0.15, 0.2) is 11.5 Å². The Kier molecular flexibility index (Phi) is 2.92. The first-order chi connectivity index (χ1) is 10.7. The molecule has 3 aromatic rings. The lowest BCUT2D eigenvalue weighted by molar-refractivity contribution is 0.297. The van der Waals surface area contributed by atoms with Crippen molar-refractivity contribution in [2.45, 2.75) is 13.3 Å². The van der Waals surface area contributed by atoms with Crippen molar-refractivity contribution in [2.24, 2.45) is 0 Å². The van der Waals surface area contributed by atoms with Crippen LogP contribution in [0.1, 0.15) is 12.0 Å². The van der Waals surface area contributed by atoms with Crippen molar-refractivity contribution in [1.29, 1.82) is 0 Å². The molecule has 0 fully saturated rings. The Morgan fingerprint density at radius 2 is 1.91 bits per heavy atom. The van der Waals surface area contributed by atoms with Gasteiger partial charge >= 0.3 is 0 Å². The van der Waals surface area contributed by atoms with E-state index in [-0.39, 0.29) is 0 Å². The number of hydrogen-bond acceptors (Lipinski definition) is 4. The van der Waals surface area contributed by atoms with E-state index in [2.05, 4.69) is 4.98 Å². The number of ether oxygens (including phenoxy) is 2. The SMILES string of the molecule is Cc1ccc2nc(-c3ccc4c(c3)OCCCO4)c(N)n2c1. The first-order valence-electron chi connectivity index (χ1n) is 7.36. The smallest absolute Gasteiger partial charge is 0.161 e. The van der Waals surface area contributed by atoms with Crippen molar-refractivity contribution in [3.8, 4) is 22.8 Å². The van der Waals surface area contributed by atoms with Gasteiger partial charge in [-0.25, -0.2) is 4.98 Å². The summed E-state index contributed by atoms with van der Waals surface area (Å²) in [5, 5.41) is 0. The van der Waals surface area contributed by atoms with E-state index in [1.165, 1.54) is 0 Å². The summed E-state index contributed by atoms with van der Waals surface area (Å²) >= 11 is 0. The van der Waals surface area contributed by atoms with E-state index in [0.717, 1.165) is 40.4 Å². The number of nitrogens with zero attached hydrogens (tertiary/aromatic N) is 2. The lowest BCUT2D eigenvalue weighted by atomic mass is 10.1. The van der Waals surface area contributed by atoms with Crippen LogP contribution in [-0.2, 0) is 0 Å². The van der Waals surface area contributed by atoms with E-state index >= 15 is 0 Å². The van der Waals surface area contributed by atoms with Gasteiger partial charge in [0.1, 0.15) is 17.2 Å². The molecule has 0 saturated carbocycles. The van der Waals surface area contributed by atoms with Crippen LogP contribution in [0, 0.1) is 6.92 Å². The number of rotatable bonds is 1. The fourth-order valence-electron chi connectivity index (χ4n) is 2.69. The van der Waals surface area contributed by atoms with Crippen LogP contribution in [-0.4, -0.2) is 22.6 Å². The zero-order chi connectivity index (χ0) is 15.1. The summed E-state index contributed by atoms with van der Waals surface area (Å²) in [6.45, 7) is 3.38. The Bertz CT molecular complexity index is 854. The second-order valence-electron chi connectivity index (χ2n) is 5.49. The molecule has 0 aliphatic carbocycles. The molecule has 0 amide bonds. The fraction of sp³-hybridized carbons (Fsp3) is 0.235. The van der Waals surface area contributed by atoms with Crippen LogP contribution in [0.3, 0.4) is 0 Å². The minimum absolute atomic E-state index is 0.633. The number of nitrogen functional groups attached to an aromatic ring is 1. The fourth-order valence-corrected chi connectivity index (χ4v) is 2.69. The quantitative estimate of drug-likeness (QED) is 0.749. The van der Waals surface area contributed by atoms with Gasteiger partial charge in [-0.15, -0.1) is 0 Å². The van der Waals surface area contributed by atoms with Crippen molar-refractivity contribution in [3.63, 3.8) is 0 Å². The predicted octanol–water partition coefficient (Wildman–Crippen LogP) is 3.05. The van der Waals surface area contributed by atoms with Crippen molar-refractivity contribution in [3.05, 3.63) is 42.1 Å². The Balaban J connectivity index is 1.85. The molecule has 0 bridgehead atoms. The van der Waals surface area contributed by atoms with Gasteiger partial charge in [0.2, 0.25) is 0 Å². The third-order valence-electron chi connectivity index (χ3n) is 3.82. The number of fused-ring (bicyclic) bond motifs is 2. The highest BCUT2D eigenvalue weighted by Gasteiger charge is 2.16. The molecule has 5 heteroatoms. The van der Waals surface area contributed by atoms with Crippen molar-refractivity contribution in [1.82, 2.24) is 9.38 Å². The highest BCUT2D eigenvalue weighted by molar-refractivity contribution is 5.76. The molecule has 0 unspecified atom stereocenters. The summed E-state index contributed by atoms with van der Waals surface area (Å²) in [5.41, 5.74) is 9.95. The molecule has 2 aromatic heterocycles. The van der Waals surface area contributed by atoms with Crippen LogP contribution in [0.15, 0.2) is 36.5 Å². The zero-order valence-electron chi connectivity index (χ0n) is 12.4. The number of anilines is 1. The molecular weight excluding hydrogens is 278 g/mol. The summed E-state index contributed by atoms with van der Waals surface area (Å²) in [5.74, 6) is 2.16. The highest BCUT2D eigenvalue weighted by atomic mass is 16.5. The molecule has 1 aromatic carbocycles. The Morgan fingerprint density at radius 1 is 1.09 bits per heavy atom. The number of hydrogen-bond donors (Lipinski definition) is 1. The summed E-state index contributed by atoms with van der Waals surface area (Å²) < 4.78 is 13.3. The van der Waals surface area contributed by atoms with Crippen LogP contribution >= 0.6 is 0 Å². The van der Waals surface area contributed by atoms with Gasteiger partial charge in [-0.3, -0.25) is 4.40 Å². The highest BCUT2D eigenvalue weighted by Crippen LogP contribution is 2.35. The van der Waals surface area contributed by atoms with Gasteiger partial charge in [0, 0.05) is 18.2 Å². The maximum Gasteiger partial charge on any atom is 0.161 e. The van der Waals surface area contributed by atoms with Gasteiger partial charge < -0.3 is 15.2 Å². The van der Waals surface area contributed by atoms with E-state index in [0.29, 0.717) is 19.0 Å². The molecule has 5 nitrogen and oxygen atoms in total. The van der Waals surface area contributed by atoms with Crippen LogP contribution in [0.2, 0.25) is 0 Å². The largest absolute Gasteiger partial charge is 0.490 e. The molecule has 3 heterocycles. The lowest BCUT2D eigenvalue weighted by Crippen LogP contribution is -1.97. The van der Waals surface area contributed by atoms with Gasteiger partial charge in [-0.1, -0.05) is 6.07 Å². The van der Waals surface area contributed by atoms with E-state index in [1.54, 1.807) is 0 Å². The van der Waals surface area contributed by atoms with Gasteiger partial charge in [-0.05, 0) is 36.8 Å². The normalized spacial score (nSPS) is 14.0. The minimum atomic E-state index is 0.633. The molecule has 112 valence electrons. The van der Waals surface area contributed by atoms with Crippen molar-refractivity contribution in [2.75, 3.05) is 18.9 Å². The van der Waals surface area contributed by atoms with Crippen molar-refractivity contribution >= 4 is 11.5 Å². The zero-order valence-corrected chi connectivity index (χ0v) is 12.4. The van der Waals surface area contributed by atoms with Crippen LogP contribution in [0.4, 0.5) is 5.82 Å². The standard InChI is InChI=1S/C17H17N3O2/c1-11-3-6-15-19-16(17(18)20(15)10-11)12-4-5-13-14(9-12)22-8-2-7-21-13/h3-6,9-10H,2,7-8,18H2,1H3. The number of pyridine rings is 1. The second-order valence-corrected chi connectivity index (χ2v) is 5.49. The van der Waals surface area contributed by atoms with Gasteiger partial charge in [0.05, 0.1) is 13.2 Å². The number of aryl methyl sites for hydroxylation is 1. The average molecular weight is 295 g/mol. The molecular formula is C17H17N3O2. The van der Waals surface area contributed by atoms with Crippen LogP contribution in [0.25, 0.3) is 16.9 Å². The summed E-state index contributed by atoms with van der Waals surface area (Å²) in [6.07, 6.45) is 2.88. The van der Waals surface area contributed by atoms with Crippen molar-refractivity contribution < 1.29 is 9.47 Å².